The molecule has 0 radical (unpaired) electrons. The largest absolute Gasteiger partial charge is 0.435 e. The molecule has 110 valence electrons. The third-order valence-corrected chi connectivity index (χ3v) is 2.86. The number of anilines is 2. The minimum Gasteiger partial charge on any atom is -0.435 e. The number of nitrogen functional groups attached to an aromatic ring is 1. The van der Waals surface area contributed by atoms with Crippen molar-refractivity contribution in [1.29, 1.82) is 0 Å². The van der Waals surface area contributed by atoms with Crippen molar-refractivity contribution in [2.24, 2.45) is 0 Å². The average molecular weight is 292 g/mol. The van der Waals surface area contributed by atoms with Crippen LogP contribution in [0.2, 0.25) is 0 Å². The van der Waals surface area contributed by atoms with Crippen molar-refractivity contribution < 1.29 is 18.3 Å². The molecule has 0 unspecified atom stereocenters. The predicted molar refractivity (Wildman–Crippen MR) is 76.6 cm³/mol. The molecule has 1 amide bonds. The molecule has 6 heteroatoms. The molecule has 2 aromatic carbocycles. The monoisotopic (exact) mass is 292 g/mol. The normalized spacial score (nSPS) is 10.5. The summed E-state index contributed by atoms with van der Waals surface area (Å²) in [6, 6.07) is 10.8. The van der Waals surface area contributed by atoms with Gasteiger partial charge in [0.25, 0.3) is 5.91 Å². The molecule has 0 saturated carbocycles. The lowest BCUT2D eigenvalue weighted by Crippen LogP contribution is -2.14. The van der Waals surface area contributed by atoms with E-state index in [0.717, 1.165) is 5.56 Å². The van der Waals surface area contributed by atoms with Gasteiger partial charge in [0, 0.05) is 5.56 Å². The van der Waals surface area contributed by atoms with Crippen LogP contribution in [0.3, 0.4) is 0 Å². The number of nitrogens with one attached hydrogen (secondary N) is 1. The molecule has 2 rings (SSSR count). The van der Waals surface area contributed by atoms with E-state index in [4.69, 9.17) is 5.73 Å². The molecule has 2 aromatic rings. The second-order valence-corrected chi connectivity index (χ2v) is 4.40. The Balaban J connectivity index is 2.21. The number of halogens is 2. The molecule has 0 atom stereocenters. The van der Waals surface area contributed by atoms with Crippen molar-refractivity contribution in [3.63, 3.8) is 0 Å². The number of benzene rings is 2. The van der Waals surface area contributed by atoms with Gasteiger partial charge < -0.3 is 15.8 Å². The molecular weight excluding hydrogens is 278 g/mol. The van der Waals surface area contributed by atoms with Crippen LogP contribution in [-0.2, 0) is 0 Å². The van der Waals surface area contributed by atoms with E-state index in [-0.39, 0.29) is 11.3 Å². The second-order valence-electron chi connectivity index (χ2n) is 4.40. The molecule has 0 spiro atoms. The summed E-state index contributed by atoms with van der Waals surface area (Å²) < 4.78 is 28.6. The summed E-state index contributed by atoms with van der Waals surface area (Å²) in [5, 5.41) is 2.67. The zero-order valence-corrected chi connectivity index (χ0v) is 11.3. The standard InChI is InChI=1S/C15H14F2N2O2/c1-9-4-2-7-12(18)13(9)19-14(20)10-5-3-6-11(8-10)21-15(16)17/h2-8,15H,18H2,1H3,(H,19,20). The maximum atomic E-state index is 12.2. The van der Waals surface area contributed by atoms with Crippen molar-refractivity contribution in [2.45, 2.75) is 13.5 Å². The molecule has 4 nitrogen and oxygen atoms in total. The van der Waals surface area contributed by atoms with Gasteiger partial charge in [0.15, 0.2) is 0 Å². The van der Waals surface area contributed by atoms with Gasteiger partial charge in [-0.25, -0.2) is 0 Å². The van der Waals surface area contributed by atoms with Gasteiger partial charge in [0.05, 0.1) is 11.4 Å². The number of carbonyl (C=O) groups excluding carboxylic acids is 1. The molecule has 3 N–H and O–H groups in total. The van der Waals surface area contributed by atoms with Crippen molar-refractivity contribution >= 4 is 17.3 Å². The molecular formula is C15H14F2N2O2. The Morgan fingerprint density at radius 1 is 1.24 bits per heavy atom. The zero-order valence-electron chi connectivity index (χ0n) is 11.3. The first-order chi connectivity index (χ1) is 9.97. The number of para-hydroxylation sites is 1. The average Bonchev–Trinajstić information content (AvgIpc) is 2.42. The SMILES string of the molecule is Cc1cccc(N)c1NC(=O)c1cccc(OC(F)F)c1. The Morgan fingerprint density at radius 2 is 1.95 bits per heavy atom. The molecule has 0 fully saturated rings. The van der Waals surface area contributed by atoms with E-state index in [0.29, 0.717) is 11.4 Å². The number of amides is 1. The smallest absolute Gasteiger partial charge is 0.387 e. The van der Waals surface area contributed by atoms with Gasteiger partial charge >= 0.3 is 6.61 Å². The summed E-state index contributed by atoms with van der Waals surface area (Å²) in [5.74, 6) is -0.522. The summed E-state index contributed by atoms with van der Waals surface area (Å²) in [6.07, 6.45) is 0. The number of rotatable bonds is 4. The van der Waals surface area contributed by atoms with Crippen LogP contribution in [0, 0.1) is 6.92 Å². The van der Waals surface area contributed by atoms with E-state index >= 15 is 0 Å². The number of alkyl halides is 2. The van der Waals surface area contributed by atoms with Crippen LogP contribution >= 0.6 is 0 Å². The van der Waals surface area contributed by atoms with Crippen LogP contribution in [-0.4, -0.2) is 12.5 Å². The Bertz CT molecular complexity index is 640. The number of ether oxygens (including phenoxy) is 1. The lowest BCUT2D eigenvalue weighted by Gasteiger charge is -2.12. The summed E-state index contributed by atoms with van der Waals surface area (Å²) in [5.41, 5.74) is 7.75. The summed E-state index contributed by atoms with van der Waals surface area (Å²) in [4.78, 5) is 12.1. The maximum absolute atomic E-state index is 12.2. The number of aryl methyl sites for hydroxylation is 1. The van der Waals surface area contributed by atoms with E-state index in [1.165, 1.54) is 24.3 Å². The van der Waals surface area contributed by atoms with E-state index in [9.17, 15) is 13.6 Å². The molecule has 0 aliphatic heterocycles. The lowest BCUT2D eigenvalue weighted by molar-refractivity contribution is -0.0498. The van der Waals surface area contributed by atoms with Crippen molar-refractivity contribution in [3.05, 3.63) is 53.6 Å². The van der Waals surface area contributed by atoms with Crippen molar-refractivity contribution in [3.8, 4) is 5.75 Å². The molecule has 0 heterocycles. The molecule has 21 heavy (non-hydrogen) atoms. The number of carbonyl (C=O) groups is 1. The molecule has 0 aliphatic rings. The van der Waals surface area contributed by atoms with Gasteiger partial charge in [-0.3, -0.25) is 4.79 Å². The Kier molecular flexibility index (Phi) is 4.37. The first kappa shape index (κ1) is 14.8. The van der Waals surface area contributed by atoms with Crippen molar-refractivity contribution in [2.75, 3.05) is 11.1 Å². The minimum atomic E-state index is -2.93. The Hall–Kier alpha value is -2.63. The lowest BCUT2D eigenvalue weighted by atomic mass is 10.1. The van der Waals surface area contributed by atoms with Gasteiger partial charge in [0.1, 0.15) is 5.75 Å². The third-order valence-electron chi connectivity index (χ3n) is 2.86. The molecule has 0 bridgehead atoms. The predicted octanol–water partition coefficient (Wildman–Crippen LogP) is 3.43. The van der Waals surface area contributed by atoms with Gasteiger partial charge in [0.2, 0.25) is 0 Å². The van der Waals surface area contributed by atoms with E-state index in [1.54, 1.807) is 12.1 Å². The first-order valence-corrected chi connectivity index (χ1v) is 6.18. The fraction of sp³-hybridized carbons (Fsp3) is 0.133. The zero-order chi connectivity index (χ0) is 15.4. The second kappa shape index (κ2) is 6.21. The van der Waals surface area contributed by atoms with E-state index < -0.39 is 12.5 Å². The number of nitrogens with two attached hydrogens (primary N) is 1. The van der Waals surface area contributed by atoms with Gasteiger partial charge in [-0.1, -0.05) is 18.2 Å². The van der Waals surface area contributed by atoms with Gasteiger partial charge in [-0.15, -0.1) is 0 Å². The highest BCUT2D eigenvalue weighted by Crippen LogP contribution is 2.24. The molecule has 0 aromatic heterocycles. The van der Waals surface area contributed by atoms with Crippen LogP contribution < -0.4 is 15.8 Å². The van der Waals surface area contributed by atoms with Crippen molar-refractivity contribution in [1.82, 2.24) is 0 Å². The van der Waals surface area contributed by atoms with Crippen LogP contribution in [0.1, 0.15) is 15.9 Å². The highest BCUT2D eigenvalue weighted by atomic mass is 19.3. The quantitative estimate of drug-likeness (QED) is 0.848. The van der Waals surface area contributed by atoms with Gasteiger partial charge in [-0.2, -0.15) is 8.78 Å². The van der Waals surface area contributed by atoms with Crippen LogP contribution in [0.25, 0.3) is 0 Å². The van der Waals surface area contributed by atoms with Crippen LogP contribution in [0.15, 0.2) is 42.5 Å². The van der Waals surface area contributed by atoms with Crippen LogP contribution in [0.5, 0.6) is 5.75 Å². The fourth-order valence-electron chi connectivity index (χ4n) is 1.86. The van der Waals surface area contributed by atoms with Crippen LogP contribution in [0.4, 0.5) is 20.2 Å². The summed E-state index contributed by atoms with van der Waals surface area (Å²) >= 11 is 0. The third kappa shape index (κ3) is 3.68. The highest BCUT2D eigenvalue weighted by Gasteiger charge is 2.12. The van der Waals surface area contributed by atoms with E-state index in [2.05, 4.69) is 10.1 Å². The maximum Gasteiger partial charge on any atom is 0.387 e. The van der Waals surface area contributed by atoms with E-state index in [1.807, 2.05) is 13.0 Å². The summed E-state index contributed by atoms with van der Waals surface area (Å²) in [6.45, 7) is -1.13. The fourth-order valence-corrected chi connectivity index (χ4v) is 1.86. The van der Waals surface area contributed by atoms with Gasteiger partial charge in [-0.05, 0) is 36.8 Å². The Morgan fingerprint density at radius 3 is 2.62 bits per heavy atom. The highest BCUT2D eigenvalue weighted by molar-refractivity contribution is 6.06. The first-order valence-electron chi connectivity index (χ1n) is 6.18. The minimum absolute atomic E-state index is 0.0737. The molecule has 0 aliphatic carbocycles. The number of hydrogen-bond acceptors (Lipinski definition) is 3. The topological polar surface area (TPSA) is 64.3 Å². The summed E-state index contributed by atoms with van der Waals surface area (Å²) in [7, 11) is 0. The number of hydrogen-bond donors (Lipinski definition) is 2. The Labute approximate surface area is 120 Å². The molecule has 0 saturated heterocycles.